The third kappa shape index (κ3) is 4.36. The maximum atomic E-state index is 14.5. The van der Waals surface area contributed by atoms with Gasteiger partial charge in [0.25, 0.3) is 11.8 Å². The van der Waals surface area contributed by atoms with Crippen LogP contribution in [0.1, 0.15) is 49.7 Å². The van der Waals surface area contributed by atoms with Gasteiger partial charge >= 0.3 is 0 Å². The summed E-state index contributed by atoms with van der Waals surface area (Å²) in [5.74, 6) is -4.43. The molecule has 2 amide bonds. The maximum absolute atomic E-state index is 14.5. The van der Waals surface area contributed by atoms with Crippen LogP contribution in [0.5, 0.6) is 5.75 Å². The summed E-state index contributed by atoms with van der Waals surface area (Å²) < 4.78 is 39.8. The molecule has 3 rings (SSSR count). The van der Waals surface area contributed by atoms with Crippen LogP contribution in [0.25, 0.3) is 0 Å². The average molecular weight is 433 g/mol. The van der Waals surface area contributed by atoms with Gasteiger partial charge in [-0.2, -0.15) is 4.39 Å². The quantitative estimate of drug-likeness (QED) is 0.727. The fraction of sp³-hybridized carbons (Fsp3) is 0.409. The van der Waals surface area contributed by atoms with Crippen molar-refractivity contribution >= 4 is 17.5 Å². The molecule has 3 atom stereocenters. The van der Waals surface area contributed by atoms with E-state index in [0.29, 0.717) is 11.3 Å². The number of ether oxygens (including phenoxy) is 2. The van der Waals surface area contributed by atoms with Crippen LogP contribution >= 0.6 is 0 Å². The lowest BCUT2D eigenvalue weighted by Crippen LogP contribution is -2.33. The number of benzene rings is 1. The van der Waals surface area contributed by atoms with Gasteiger partial charge in [-0.15, -0.1) is 0 Å². The number of amides is 2. The Bertz CT molecular complexity index is 1010. The number of halogens is 2. The van der Waals surface area contributed by atoms with E-state index >= 15 is 0 Å². The van der Waals surface area contributed by atoms with Crippen molar-refractivity contribution < 1.29 is 27.8 Å². The van der Waals surface area contributed by atoms with Gasteiger partial charge in [0.05, 0.1) is 12.2 Å². The normalized spacial score (nSPS) is 22.2. The second kappa shape index (κ2) is 8.58. The Kier molecular flexibility index (Phi) is 6.26. The second-order valence-electron chi connectivity index (χ2n) is 7.95. The topological polar surface area (TPSA) is 104 Å². The van der Waals surface area contributed by atoms with E-state index in [1.54, 1.807) is 6.92 Å². The first kappa shape index (κ1) is 22.6. The molecule has 166 valence electrons. The number of carbonyl (C=O) groups is 2. The van der Waals surface area contributed by atoms with E-state index in [-0.39, 0.29) is 24.0 Å². The van der Waals surface area contributed by atoms with E-state index in [4.69, 9.17) is 15.2 Å². The number of primary amides is 1. The number of hydrogen-bond acceptors (Lipinski definition) is 5. The molecule has 31 heavy (non-hydrogen) atoms. The predicted octanol–water partition coefficient (Wildman–Crippen LogP) is 3.39. The van der Waals surface area contributed by atoms with Gasteiger partial charge in [0, 0.05) is 23.4 Å². The fourth-order valence-corrected chi connectivity index (χ4v) is 3.81. The van der Waals surface area contributed by atoms with Crippen LogP contribution in [0.4, 0.5) is 14.5 Å². The smallest absolute Gasteiger partial charge is 0.267 e. The summed E-state index contributed by atoms with van der Waals surface area (Å²) in [6.07, 6.45) is 0.330. The third-order valence-corrected chi connectivity index (χ3v) is 5.66. The molecule has 9 heteroatoms. The van der Waals surface area contributed by atoms with E-state index in [1.165, 1.54) is 24.4 Å². The van der Waals surface area contributed by atoms with Crippen molar-refractivity contribution in [2.24, 2.45) is 11.7 Å². The Labute approximate surface area is 178 Å². The summed E-state index contributed by atoms with van der Waals surface area (Å²) in [5, 5.41) is 2.69. The molecule has 1 aliphatic heterocycles. The first-order valence-electron chi connectivity index (χ1n) is 9.92. The van der Waals surface area contributed by atoms with Crippen molar-refractivity contribution in [1.82, 2.24) is 4.98 Å². The first-order chi connectivity index (χ1) is 14.6. The molecule has 0 radical (unpaired) electrons. The largest absolute Gasteiger partial charge is 0.490 e. The summed E-state index contributed by atoms with van der Waals surface area (Å²) in [5.41, 5.74) is 5.17. The van der Waals surface area contributed by atoms with Crippen LogP contribution in [-0.2, 0) is 9.53 Å². The highest BCUT2D eigenvalue weighted by Crippen LogP contribution is 2.49. The monoisotopic (exact) mass is 433 g/mol. The van der Waals surface area contributed by atoms with E-state index in [2.05, 4.69) is 10.3 Å². The van der Waals surface area contributed by atoms with Gasteiger partial charge in [-0.1, -0.05) is 13.0 Å². The number of nitrogens with one attached hydrogen (secondary N) is 1. The Morgan fingerprint density at radius 2 is 2.00 bits per heavy atom. The van der Waals surface area contributed by atoms with Crippen LogP contribution in [-0.4, -0.2) is 35.1 Å². The highest BCUT2D eigenvalue weighted by Gasteiger charge is 2.51. The summed E-state index contributed by atoms with van der Waals surface area (Å²) in [7, 11) is 0. The summed E-state index contributed by atoms with van der Waals surface area (Å²) in [6.45, 7) is 7.33. The molecule has 1 saturated heterocycles. The minimum absolute atomic E-state index is 0.00498. The first-order valence-corrected chi connectivity index (χ1v) is 9.92. The van der Waals surface area contributed by atoms with Gasteiger partial charge in [-0.05, 0) is 44.9 Å². The predicted molar refractivity (Wildman–Crippen MR) is 110 cm³/mol. The average Bonchev–Trinajstić information content (AvgIpc) is 2.96. The molecule has 3 N–H and O–H groups in total. The van der Waals surface area contributed by atoms with E-state index in [9.17, 15) is 18.4 Å². The molecule has 0 aliphatic carbocycles. The lowest BCUT2D eigenvalue weighted by Gasteiger charge is -2.26. The van der Waals surface area contributed by atoms with Gasteiger partial charge in [-0.3, -0.25) is 14.6 Å². The van der Waals surface area contributed by atoms with Crippen molar-refractivity contribution in [2.45, 2.75) is 45.3 Å². The number of rotatable bonds is 6. The fourth-order valence-electron chi connectivity index (χ4n) is 3.81. The molecular formula is C22H25F2N3O4. The molecule has 1 aromatic heterocycles. The summed E-state index contributed by atoms with van der Waals surface area (Å²) in [4.78, 5) is 28.4. The molecule has 0 unspecified atom stereocenters. The number of nitrogens with two attached hydrogens (primary N) is 1. The van der Waals surface area contributed by atoms with Crippen LogP contribution in [0, 0.1) is 17.6 Å². The third-order valence-electron chi connectivity index (χ3n) is 5.66. The zero-order valence-corrected chi connectivity index (χ0v) is 17.7. The second-order valence-corrected chi connectivity index (χ2v) is 7.95. The zero-order chi connectivity index (χ0) is 22.9. The zero-order valence-electron chi connectivity index (χ0n) is 17.7. The molecule has 1 fully saturated rings. The van der Waals surface area contributed by atoms with Crippen molar-refractivity contribution in [1.29, 1.82) is 0 Å². The standard InChI is InChI=1S/C22H25F2N3O4/c1-5-30-18-13(6-7-14(23)17(18)24)16-11(2)22(3,4)31-19(16)21(29)27-12-8-9-26-15(10-12)20(25)28/h6-11,16,19H,5H2,1-4H3,(H2,25,28)(H,26,27,29)/t11-,16+,19-/m1/s1. The van der Waals surface area contributed by atoms with Gasteiger partial charge < -0.3 is 20.5 Å². The number of pyridine rings is 1. The van der Waals surface area contributed by atoms with E-state index < -0.39 is 41.1 Å². The van der Waals surface area contributed by atoms with Crippen molar-refractivity contribution in [3.8, 4) is 5.75 Å². The SMILES string of the molecule is CCOc1c([C@@H]2[C@@H](C)C(C)(C)O[C@H]2C(=O)Nc2ccnc(C(N)=O)c2)ccc(F)c1F. The molecule has 1 aromatic carbocycles. The maximum Gasteiger partial charge on any atom is 0.267 e. The lowest BCUT2D eigenvalue weighted by molar-refractivity contribution is -0.131. The molecule has 0 bridgehead atoms. The Morgan fingerprint density at radius 3 is 2.65 bits per heavy atom. The van der Waals surface area contributed by atoms with Crippen LogP contribution in [0.3, 0.4) is 0 Å². The molecule has 2 heterocycles. The Balaban J connectivity index is 1.99. The van der Waals surface area contributed by atoms with E-state index in [1.807, 2.05) is 20.8 Å². The number of aromatic nitrogens is 1. The summed E-state index contributed by atoms with van der Waals surface area (Å²) >= 11 is 0. The Morgan fingerprint density at radius 1 is 1.29 bits per heavy atom. The molecule has 2 aromatic rings. The molecule has 0 spiro atoms. The van der Waals surface area contributed by atoms with E-state index in [0.717, 1.165) is 6.07 Å². The minimum Gasteiger partial charge on any atom is -0.490 e. The molecule has 1 aliphatic rings. The summed E-state index contributed by atoms with van der Waals surface area (Å²) in [6, 6.07) is 5.30. The van der Waals surface area contributed by atoms with Gasteiger partial charge in [0.15, 0.2) is 11.6 Å². The van der Waals surface area contributed by atoms with Crippen molar-refractivity contribution in [2.75, 3.05) is 11.9 Å². The van der Waals surface area contributed by atoms with Crippen LogP contribution in [0.2, 0.25) is 0 Å². The Hall–Kier alpha value is -3.07. The highest BCUT2D eigenvalue weighted by molar-refractivity contribution is 5.97. The number of hydrogen-bond donors (Lipinski definition) is 2. The molecular weight excluding hydrogens is 408 g/mol. The lowest BCUT2D eigenvalue weighted by atomic mass is 9.78. The number of nitrogens with zero attached hydrogens (tertiary/aromatic N) is 1. The number of carbonyl (C=O) groups excluding carboxylic acids is 2. The molecule has 0 saturated carbocycles. The minimum atomic E-state index is -1.10. The molecule has 7 nitrogen and oxygen atoms in total. The number of anilines is 1. The highest BCUT2D eigenvalue weighted by atomic mass is 19.2. The van der Waals surface area contributed by atoms with Crippen molar-refractivity contribution in [3.05, 3.63) is 53.4 Å². The van der Waals surface area contributed by atoms with Crippen LogP contribution in [0.15, 0.2) is 30.5 Å². The van der Waals surface area contributed by atoms with Gasteiger partial charge in [0.1, 0.15) is 11.8 Å². The van der Waals surface area contributed by atoms with Crippen LogP contribution < -0.4 is 15.8 Å². The van der Waals surface area contributed by atoms with Gasteiger partial charge in [0.2, 0.25) is 5.82 Å². The van der Waals surface area contributed by atoms with Crippen molar-refractivity contribution in [3.63, 3.8) is 0 Å². The van der Waals surface area contributed by atoms with Gasteiger partial charge in [-0.25, -0.2) is 4.39 Å².